The van der Waals surface area contributed by atoms with Gasteiger partial charge in [-0.2, -0.15) is 4.98 Å². The number of nitrogens with two attached hydrogens (primary N) is 1. The van der Waals surface area contributed by atoms with Crippen molar-refractivity contribution in [1.29, 1.82) is 0 Å². The number of piperazine rings is 1. The van der Waals surface area contributed by atoms with Gasteiger partial charge in [-0.15, -0.1) is 24.8 Å². The van der Waals surface area contributed by atoms with E-state index in [1.54, 1.807) is 0 Å². The van der Waals surface area contributed by atoms with Gasteiger partial charge in [0, 0.05) is 32.2 Å². The van der Waals surface area contributed by atoms with Gasteiger partial charge in [-0.1, -0.05) is 11.6 Å². The van der Waals surface area contributed by atoms with Crippen molar-refractivity contribution in [1.82, 2.24) is 19.9 Å². The van der Waals surface area contributed by atoms with E-state index in [4.69, 9.17) is 10.3 Å². The van der Waals surface area contributed by atoms with E-state index in [0.29, 0.717) is 12.4 Å². The number of rotatable bonds is 4. The van der Waals surface area contributed by atoms with Gasteiger partial charge in [0.15, 0.2) is 5.82 Å². The molecule has 0 aromatic carbocycles. The van der Waals surface area contributed by atoms with Gasteiger partial charge in [0.2, 0.25) is 5.89 Å². The molecule has 3 rings (SSSR count). The molecule has 0 atom stereocenters. The summed E-state index contributed by atoms with van der Waals surface area (Å²) in [6.07, 6.45) is 4.20. The molecule has 2 aliphatic rings. The minimum absolute atomic E-state index is 0. The highest BCUT2D eigenvalue weighted by molar-refractivity contribution is 5.85. The van der Waals surface area contributed by atoms with Crippen molar-refractivity contribution in [3.05, 3.63) is 11.7 Å². The van der Waals surface area contributed by atoms with E-state index in [0.717, 1.165) is 31.5 Å². The first kappa shape index (κ1) is 17.7. The van der Waals surface area contributed by atoms with Crippen LogP contribution in [0.15, 0.2) is 4.52 Å². The van der Waals surface area contributed by atoms with E-state index in [-0.39, 0.29) is 24.8 Å². The van der Waals surface area contributed by atoms with Crippen molar-refractivity contribution in [3.8, 4) is 0 Å². The molecule has 2 fully saturated rings. The minimum atomic E-state index is 0. The normalized spacial score (nSPS) is 20.9. The van der Waals surface area contributed by atoms with Crippen LogP contribution in [0.2, 0.25) is 0 Å². The van der Waals surface area contributed by atoms with E-state index < -0.39 is 0 Å². The molecular weight excluding hydrogens is 301 g/mol. The Morgan fingerprint density at radius 2 is 1.85 bits per heavy atom. The largest absolute Gasteiger partial charge is 0.338 e. The first-order valence-electron chi connectivity index (χ1n) is 6.83. The van der Waals surface area contributed by atoms with Crippen molar-refractivity contribution in [2.24, 2.45) is 5.73 Å². The average molecular weight is 324 g/mol. The average Bonchev–Trinajstić information content (AvgIpc) is 2.77. The minimum Gasteiger partial charge on any atom is -0.338 e. The molecule has 2 heterocycles. The molecular formula is C12H23Cl2N5O. The molecule has 1 aliphatic heterocycles. The lowest BCUT2D eigenvalue weighted by Crippen LogP contribution is -2.51. The van der Waals surface area contributed by atoms with Crippen LogP contribution < -0.4 is 5.73 Å². The Labute approximate surface area is 131 Å². The van der Waals surface area contributed by atoms with Gasteiger partial charge < -0.3 is 10.3 Å². The zero-order valence-electron chi connectivity index (χ0n) is 11.5. The summed E-state index contributed by atoms with van der Waals surface area (Å²) in [4.78, 5) is 9.26. The van der Waals surface area contributed by atoms with Crippen LogP contribution >= 0.6 is 24.8 Å². The maximum Gasteiger partial charge on any atom is 0.240 e. The van der Waals surface area contributed by atoms with Gasteiger partial charge in [0.05, 0.1) is 13.1 Å². The summed E-state index contributed by atoms with van der Waals surface area (Å²) < 4.78 is 5.02. The molecule has 2 N–H and O–H groups in total. The van der Waals surface area contributed by atoms with E-state index in [1.165, 1.54) is 32.4 Å². The Balaban J connectivity index is 0.000001000. The fourth-order valence-electron chi connectivity index (χ4n) is 2.68. The molecule has 0 spiro atoms. The lowest BCUT2D eigenvalue weighted by Gasteiger charge is -2.42. The number of nitrogens with zero attached hydrogens (tertiary/aromatic N) is 4. The summed E-state index contributed by atoms with van der Waals surface area (Å²) in [5.41, 5.74) is 5.45. The second kappa shape index (κ2) is 8.14. The van der Waals surface area contributed by atoms with Crippen LogP contribution in [0.5, 0.6) is 0 Å². The highest BCUT2D eigenvalue weighted by Gasteiger charge is 2.28. The Morgan fingerprint density at radius 1 is 1.15 bits per heavy atom. The van der Waals surface area contributed by atoms with Crippen molar-refractivity contribution in [2.45, 2.75) is 38.4 Å². The van der Waals surface area contributed by atoms with Crippen molar-refractivity contribution < 1.29 is 4.52 Å². The van der Waals surface area contributed by atoms with Crippen molar-refractivity contribution in [2.75, 3.05) is 26.2 Å². The Bertz CT molecular complexity index is 391. The van der Waals surface area contributed by atoms with Crippen LogP contribution in [0.25, 0.3) is 0 Å². The SMILES string of the molecule is Cl.Cl.NCc1nc(CN2CCN(C3CCC3)CC2)no1. The predicted molar refractivity (Wildman–Crippen MR) is 81.2 cm³/mol. The van der Waals surface area contributed by atoms with Crippen molar-refractivity contribution in [3.63, 3.8) is 0 Å². The van der Waals surface area contributed by atoms with Crippen LogP contribution in [0.1, 0.15) is 31.0 Å². The van der Waals surface area contributed by atoms with E-state index in [9.17, 15) is 0 Å². The Kier molecular flexibility index (Phi) is 7.19. The number of hydrogen-bond acceptors (Lipinski definition) is 6. The van der Waals surface area contributed by atoms with Crippen LogP contribution in [0.4, 0.5) is 0 Å². The second-order valence-electron chi connectivity index (χ2n) is 5.21. The quantitative estimate of drug-likeness (QED) is 0.892. The molecule has 0 unspecified atom stereocenters. The van der Waals surface area contributed by atoms with Crippen molar-refractivity contribution >= 4 is 24.8 Å². The first-order valence-corrected chi connectivity index (χ1v) is 6.83. The molecule has 1 saturated heterocycles. The maximum absolute atomic E-state index is 5.45. The van der Waals surface area contributed by atoms with Crippen LogP contribution in [0, 0.1) is 0 Å². The fraction of sp³-hybridized carbons (Fsp3) is 0.833. The molecule has 0 bridgehead atoms. The second-order valence-corrected chi connectivity index (χ2v) is 5.21. The van der Waals surface area contributed by atoms with Gasteiger partial charge >= 0.3 is 0 Å². The Hall–Kier alpha value is -0.400. The summed E-state index contributed by atoms with van der Waals surface area (Å²) in [5, 5.41) is 3.94. The van der Waals surface area contributed by atoms with Crippen LogP contribution in [-0.2, 0) is 13.1 Å². The zero-order valence-corrected chi connectivity index (χ0v) is 13.2. The summed E-state index contributed by atoms with van der Waals surface area (Å²) in [6, 6.07) is 0.862. The van der Waals surface area contributed by atoms with E-state index in [1.807, 2.05) is 0 Å². The monoisotopic (exact) mass is 323 g/mol. The maximum atomic E-state index is 5.45. The standard InChI is InChI=1S/C12H21N5O.2ClH/c13-8-12-14-11(15-18-12)9-16-4-6-17(7-5-16)10-2-1-3-10;;/h10H,1-9,13H2;2*1H. The molecule has 6 nitrogen and oxygen atoms in total. The number of halogens is 2. The van der Waals surface area contributed by atoms with Crippen LogP contribution in [-0.4, -0.2) is 52.2 Å². The highest BCUT2D eigenvalue weighted by Crippen LogP contribution is 2.25. The Morgan fingerprint density at radius 3 is 2.35 bits per heavy atom. The summed E-state index contributed by atoms with van der Waals surface area (Å²) in [6.45, 7) is 5.65. The third-order valence-electron chi connectivity index (χ3n) is 4.05. The van der Waals surface area contributed by atoms with Gasteiger partial charge in [-0.3, -0.25) is 9.80 Å². The van der Waals surface area contributed by atoms with Gasteiger partial charge in [0.25, 0.3) is 0 Å². The fourth-order valence-corrected chi connectivity index (χ4v) is 2.68. The molecule has 1 saturated carbocycles. The third kappa shape index (κ3) is 4.05. The molecule has 1 aromatic heterocycles. The van der Waals surface area contributed by atoms with E-state index >= 15 is 0 Å². The third-order valence-corrected chi connectivity index (χ3v) is 4.05. The summed E-state index contributed by atoms with van der Waals surface area (Å²) in [7, 11) is 0. The summed E-state index contributed by atoms with van der Waals surface area (Å²) in [5.74, 6) is 1.28. The topological polar surface area (TPSA) is 71.4 Å². The predicted octanol–water partition coefficient (Wildman–Crippen LogP) is 1.04. The van der Waals surface area contributed by atoms with Gasteiger partial charge in [-0.25, -0.2) is 0 Å². The molecule has 0 amide bonds. The summed E-state index contributed by atoms with van der Waals surface area (Å²) >= 11 is 0. The zero-order chi connectivity index (χ0) is 12.4. The lowest BCUT2D eigenvalue weighted by atomic mass is 9.91. The first-order chi connectivity index (χ1) is 8.85. The lowest BCUT2D eigenvalue weighted by molar-refractivity contribution is 0.0574. The molecule has 0 radical (unpaired) electrons. The molecule has 1 aromatic rings. The van der Waals surface area contributed by atoms with Gasteiger partial charge in [0.1, 0.15) is 0 Å². The smallest absolute Gasteiger partial charge is 0.240 e. The highest BCUT2D eigenvalue weighted by atomic mass is 35.5. The van der Waals surface area contributed by atoms with Gasteiger partial charge in [-0.05, 0) is 12.8 Å². The molecule has 20 heavy (non-hydrogen) atoms. The molecule has 8 heteroatoms. The van der Waals surface area contributed by atoms with Crippen LogP contribution in [0.3, 0.4) is 0 Å². The number of hydrogen-bond donors (Lipinski definition) is 1. The number of aromatic nitrogens is 2. The molecule has 116 valence electrons. The molecule has 1 aliphatic carbocycles. The van der Waals surface area contributed by atoms with E-state index in [2.05, 4.69) is 19.9 Å².